The molecule has 0 radical (unpaired) electrons. The monoisotopic (exact) mass is 827 g/mol. The van der Waals surface area contributed by atoms with Gasteiger partial charge in [0.25, 0.3) is 0 Å². The van der Waals surface area contributed by atoms with Crippen LogP contribution in [-0.4, -0.2) is 4.70 Å². The van der Waals surface area contributed by atoms with Crippen molar-refractivity contribution in [1.82, 2.24) is 0 Å². The van der Waals surface area contributed by atoms with E-state index in [0.717, 1.165) is 79.0 Å². The summed E-state index contributed by atoms with van der Waals surface area (Å²) in [5.41, 5.74) is 19.7. The van der Waals surface area contributed by atoms with E-state index in [1.165, 1.54) is 163 Å². The van der Waals surface area contributed by atoms with Crippen LogP contribution in [0.15, 0.2) is 60.2 Å². The fourth-order valence-electron chi connectivity index (χ4n) is 7.54. The molecule has 2 nitrogen and oxygen atoms in total. The number of allylic oxidation sites excluding steroid dienone is 2. The van der Waals surface area contributed by atoms with E-state index in [1.807, 2.05) is 0 Å². The molecule has 0 atom stereocenters. The van der Waals surface area contributed by atoms with E-state index in [4.69, 9.17) is 0 Å². The number of nitrogens with zero attached hydrogens (tertiary/aromatic N) is 2. The van der Waals surface area contributed by atoms with Crippen molar-refractivity contribution >= 4 is 11.4 Å². The number of benzene rings is 2. The second-order valence-corrected chi connectivity index (χ2v) is 17.1. The van der Waals surface area contributed by atoms with E-state index in [9.17, 15) is 5.53 Å². The average molecular weight is 828 g/mol. The van der Waals surface area contributed by atoms with Crippen LogP contribution in [0, 0.1) is 11.8 Å². The van der Waals surface area contributed by atoms with Crippen LogP contribution in [0.25, 0.3) is 16.9 Å². The Morgan fingerprint density at radius 3 is 1.65 bits per heavy atom. The Balaban J connectivity index is 0.00000325. The van der Waals surface area contributed by atoms with Gasteiger partial charge in [-0.3, -0.25) is 0 Å². The second-order valence-electron chi connectivity index (χ2n) is 15.6. The third-order valence-corrected chi connectivity index (χ3v) is 10.7. The number of unbranched alkanes of at least 4 members (excludes halogenated alkanes) is 21. The van der Waals surface area contributed by atoms with Gasteiger partial charge in [-0.25, -0.2) is 4.70 Å². The van der Waals surface area contributed by atoms with Gasteiger partial charge in [-0.1, -0.05) is 180 Å². The molecule has 0 saturated heterocycles. The number of aryl methyl sites for hydroxylation is 2. The van der Waals surface area contributed by atoms with Gasteiger partial charge in [0.15, 0.2) is 0 Å². The summed E-state index contributed by atoms with van der Waals surface area (Å²) in [7, 11) is 0. The predicted octanol–water partition coefficient (Wildman–Crippen LogP) is 16.9. The van der Waals surface area contributed by atoms with Crippen molar-refractivity contribution in [1.29, 1.82) is 0 Å². The maximum absolute atomic E-state index is 11.7. The molecule has 0 unspecified atom stereocenters. The third-order valence-electron chi connectivity index (χ3n) is 10.7. The zero-order valence-corrected chi connectivity index (χ0v) is 37.3. The SMILES string of the molecule is CCCCCCCCCCCCCCCCCCCCC#CCCc1ccccc1C1=CC(CCCCC)=C(c2cccc(CCCC)c2)[N+]1=[N-].[CH3][Pd][CH3]. The van der Waals surface area contributed by atoms with Crippen LogP contribution in [0.4, 0.5) is 0 Å². The summed E-state index contributed by atoms with van der Waals surface area (Å²) >= 11 is 0.950. The van der Waals surface area contributed by atoms with Gasteiger partial charge >= 0.3 is 28.8 Å². The summed E-state index contributed by atoms with van der Waals surface area (Å²) in [6, 6.07) is 17.4. The van der Waals surface area contributed by atoms with Gasteiger partial charge in [0, 0.05) is 35.6 Å². The molecule has 0 amide bonds. The van der Waals surface area contributed by atoms with Gasteiger partial charge in [-0.2, -0.15) is 0 Å². The minimum absolute atomic E-state index is 0.859. The van der Waals surface area contributed by atoms with Crippen molar-refractivity contribution < 1.29 is 22.7 Å². The summed E-state index contributed by atoms with van der Waals surface area (Å²) < 4.78 is 1.48. The average Bonchev–Trinajstić information content (AvgIpc) is 3.51. The van der Waals surface area contributed by atoms with Crippen LogP contribution < -0.4 is 0 Å². The molecule has 0 spiro atoms. The van der Waals surface area contributed by atoms with E-state index in [-0.39, 0.29) is 0 Å². The molecule has 1 aliphatic heterocycles. The summed E-state index contributed by atoms with van der Waals surface area (Å²) in [6.45, 7) is 6.79. The molecule has 1 aliphatic rings. The summed E-state index contributed by atoms with van der Waals surface area (Å²) in [4.78, 5) is 0. The van der Waals surface area contributed by atoms with Crippen molar-refractivity contribution in [2.24, 2.45) is 0 Å². The third kappa shape index (κ3) is 20.6. The Hall–Kier alpha value is -2.26. The number of rotatable bonds is 29. The molecule has 3 rings (SSSR count). The van der Waals surface area contributed by atoms with Crippen molar-refractivity contribution in [2.45, 2.75) is 211 Å². The predicted molar refractivity (Wildman–Crippen MR) is 235 cm³/mol. The summed E-state index contributed by atoms with van der Waals surface area (Å²) in [6.07, 6.45) is 38.4. The molecule has 2 aromatic carbocycles. The van der Waals surface area contributed by atoms with Crippen LogP contribution in [-0.2, 0) is 30.8 Å². The Bertz CT molecular complexity index is 1390. The van der Waals surface area contributed by atoms with Crippen LogP contribution >= 0.6 is 0 Å². The molecule has 1 heterocycles. The van der Waals surface area contributed by atoms with E-state index in [2.05, 4.69) is 98.0 Å². The van der Waals surface area contributed by atoms with E-state index >= 15 is 0 Å². The van der Waals surface area contributed by atoms with E-state index in [1.54, 1.807) is 0 Å². The Labute approximate surface area is 343 Å². The molecule has 0 saturated carbocycles. The zero-order chi connectivity index (χ0) is 38.9. The molecule has 3 heteroatoms. The Morgan fingerprint density at radius 2 is 1.06 bits per heavy atom. The first-order valence-corrected chi connectivity index (χ1v) is 25.5. The molecule has 0 N–H and O–H groups in total. The first-order chi connectivity index (χ1) is 26.6. The number of hydrogen-bond donors (Lipinski definition) is 0. The molecule has 304 valence electrons. The standard InChI is InChI=1S/C49H74N2.2CH3.Pd/c1-4-7-10-11-12-13-14-15-16-17-18-19-20-21-22-23-24-25-26-27-28-30-36-44-37-31-32-40-47(44)48-42-46(38-29-8-5-2)49(51(48)50)45-39-33-35-43(41-45)34-9-6-3;;;/h31-33,35,37,39-42H,4-26,29-30,34,36,38H2,1-3H3;2*1H3;. The van der Waals surface area contributed by atoms with Crippen molar-refractivity contribution in [2.75, 3.05) is 0 Å². The fraction of sp³-hybridized carbons (Fsp3) is 0.647. The van der Waals surface area contributed by atoms with E-state index in [0.29, 0.717) is 0 Å². The molecule has 54 heavy (non-hydrogen) atoms. The molecular weight excluding hydrogens is 747 g/mol. The molecule has 0 aromatic heterocycles. The van der Waals surface area contributed by atoms with Gasteiger partial charge in [-0.15, -0.1) is 11.8 Å². The zero-order valence-electron chi connectivity index (χ0n) is 35.7. The van der Waals surface area contributed by atoms with Crippen molar-refractivity contribution in [3.63, 3.8) is 0 Å². The first-order valence-electron chi connectivity index (χ1n) is 22.4. The van der Waals surface area contributed by atoms with Crippen LogP contribution in [0.3, 0.4) is 0 Å². The summed E-state index contributed by atoms with van der Waals surface area (Å²) in [5.74, 6) is 6.92. The van der Waals surface area contributed by atoms with Crippen LogP contribution in [0.5, 0.6) is 0 Å². The topological polar surface area (TPSA) is 25.3 Å². The van der Waals surface area contributed by atoms with E-state index < -0.39 is 0 Å². The molecular formula is C51H80N2Pd. The molecule has 2 aromatic rings. The van der Waals surface area contributed by atoms with Crippen molar-refractivity contribution in [3.8, 4) is 11.8 Å². The van der Waals surface area contributed by atoms with Gasteiger partial charge in [-0.05, 0) is 67.9 Å². The maximum atomic E-state index is 11.7. The molecule has 0 fully saturated rings. The number of hydrogen-bond acceptors (Lipinski definition) is 0. The Morgan fingerprint density at radius 1 is 0.537 bits per heavy atom. The van der Waals surface area contributed by atoms with Crippen LogP contribution in [0.1, 0.15) is 210 Å². The minimum atomic E-state index is 0.859. The summed E-state index contributed by atoms with van der Waals surface area (Å²) in [5, 5.41) is 4.35. The first kappa shape index (κ1) is 47.9. The quantitative estimate of drug-likeness (QED) is 0.0338. The normalized spacial score (nSPS) is 12.5. The van der Waals surface area contributed by atoms with Gasteiger partial charge in [0.05, 0.1) is 0 Å². The fourth-order valence-corrected chi connectivity index (χ4v) is 7.54. The van der Waals surface area contributed by atoms with Gasteiger partial charge in [0.2, 0.25) is 11.4 Å². The van der Waals surface area contributed by atoms with Crippen LogP contribution in [0.2, 0.25) is 10.8 Å². The molecule has 0 bridgehead atoms. The molecule has 0 aliphatic carbocycles. The second kappa shape index (κ2) is 32.9. The van der Waals surface area contributed by atoms with Gasteiger partial charge < -0.3 is 5.53 Å². The Kier molecular flexibility index (Phi) is 29.2. The van der Waals surface area contributed by atoms with Gasteiger partial charge in [0.1, 0.15) is 0 Å². The van der Waals surface area contributed by atoms with Crippen molar-refractivity contribution in [3.05, 3.63) is 88.0 Å².